The summed E-state index contributed by atoms with van der Waals surface area (Å²) in [5.41, 5.74) is 5.90. The van der Waals surface area contributed by atoms with Gasteiger partial charge >= 0.3 is 0 Å². The van der Waals surface area contributed by atoms with Crippen molar-refractivity contribution >= 4 is 0 Å². The predicted molar refractivity (Wildman–Crippen MR) is 66.9 cm³/mol. The molecule has 1 rings (SSSR count). The standard InChI is InChI=1S/C13H28N2/c1-13(2,14)9-11-15-10-8-12-6-4-3-5-7-12/h12,15H,3-11,14H2,1-2H3. The molecule has 0 atom stereocenters. The van der Waals surface area contributed by atoms with Crippen LogP contribution in [-0.4, -0.2) is 18.6 Å². The summed E-state index contributed by atoms with van der Waals surface area (Å²) in [5.74, 6) is 0.997. The third kappa shape index (κ3) is 6.91. The summed E-state index contributed by atoms with van der Waals surface area (Å²) in [6, 6.07) is 0. The van der Waals surface area contributed by atoms with E-state index in [4.69, 9.17) is 5.73 Å². The predicted octanol–water partition coefficient (Wildman–Crippen LogP) is 2.67. The fourth-order valence-electron chi connectivity index (χ4n) is 2.32. The summed E-state index contributed by atoms with van der Waals surface area (Å²) in [7, 11) is 0. The highest BCUT2D eigenvalue weighted by Crippen LogP contribution is 2.25. The zero-order valence-corrected chi connectivity index (χ0v) is 10.5. The third-order valence-corrected chi connectivity index (χ3v) is 3.40. The Morgan fingerprint density at radius 1 is 1.13 bits per heavy atom. The molecular formula is C13H28N2. The van der Waals surface area contributed by atoms with Crippen LogP contribution in [0.2, 0.25) is 0 Å². The summed E-state index contributed by atoms with van der Waals surface area (Å²) in [6.45, 7) is 6.43. The second kappa shape index (κ2) is 6.49. The van der Waals surface area contributed by atoms with Crippen molar-refractivity contribution in [3.8, 4) is 0 Å². The van der Waals surface area contributed by atoms with Crippen molar-refractivity contribution in [2.45, 2.75) is 64.3 Å². The number of nitrogens with one attached hydrogen (secondary N) is 1. The van der Waals surface area contributed by atoms with Crippen LogP contribution in [0.4, 0.5) is 0 Å². The molecule has 90 valence electrons. The van der Waals surface area contributed by atoms with Crippen LogP contribution in [0, 0.1) is 5.92 Å². The summed E-state index contributed by atoms with van der Waals surface area (Å²) in [5, 5.41) is 3.51. The van der Waals surface area contributed by atoms with Crippen LogP contribution in [0.5, 0.6) is 0 Å². The molecule has 2 nitrogen and oxygen atoms in total. The molecule has 2 heteroatoms. The Morgan fingerprint density at radius 2 is 1.80 bits per heavy atom. The molecule has 0 saturated heterocycles. The second-order valence-corrected chi connectivity index (χ2v) is 5.78. The first-order valence-corrected chi connectivity index (χ1v) is 6.57. The lowest BCUT2D eigenvalue weighted by atomic mass is 9.87. The molecule has 1 fully saturated rings. The van der Waals surface area contributed by atoms with Crippen LogP contribution in [0.15, 0.2) is 0 Å². The molecule has 1 aliphatic rings. The molecule has 0 unspecified atom stereocenters. The molecule has 15 heavy (non-hydrogen) atoms. The van der Waals surface area contributed by atoms with Crippen molar-refractivity contribution in [2.75, 3.05) is 13.1 Å². The molecular weight excluding hydrogens is 184 g/mol. The van der Waals surface area contributed by atoms with Gasteiger partial charge in [-0.2, -0.15) is 0 Å². The van der Waals surface area contributed by atoms with E-state index in [0.717, 1.165) is 18.9 Å². The summed E-state index contributed by atoms with van der Waals surface area (Å²) in [6.07, 6.45) is 9.74. The first-order chi connectivity index (χ1) is 7.08. The highest BCUT2D eigenvalue weighted by Gasteiger charge is 2.13. The van der Waals surface area contributed by atoms with Gasteiger partial charge in [-0.25, -0.2) is 0 Å². The smallest absolute Gasteiger partial charge is 0.0109 e. The molecule has 3 N–H and O–H groups in total. The third-order valence-electron chi connectivity index (χ3n) is 3.40. The van der Waals surface area contributed by atoms with Gasteiger partial charge in [0.15, 0.2) is 0 Å². The van der Waals surface area contributed by atoms with Gasteiger partial charge in [-0.05, 0) is 45.7 Å². The van der Waals surface area contributed by atoms with E-state index in [2.05, 4.69) is 19.2 Å². The lowest BCUT2D eigenvalue weighted by Crippen LogP contribution is -2.36. The maximum atomic E-state index is 5.92. The van der Waals surface area contributed by atoms with Gasteiger partial charge in [0, 0.05) is 5.54 Å². The summed E-state index contributed by atoms with van der Waals surface area (Å²) < 4.78 is 0. The van der Waals surface area contributed by atoms with Gasteiger partial charge < -0.3 is 11.1 Å². The van der Waals surface area contributed by atoms with E-state index in [-0.39, 0.29) is 5.54 Å². The Labute approximate surface area is 95.0 Å². The maximum Gasteiger partial charge on any atom is 0.0109 e. The van der Waals surface area contributed by atoms with Gasteiger partial charge in [0.2, 0.25) is 0 Å². The molecule has 0 aromatic heterocycles. The largest absolute Gasteiger partial charge is 0.326 e. The normalized spacial score (nSPS) is 19.4. The summed E-state index contributed by atoms with van der Waals surface area (Å²) >= 11 is 0. The van der Waals surface area contributed by atoms with E-state index in [1.807, 2.05) is 0 Å². The fraction of sp³-hybridized carbons (Fsp3) is 1.00. The van der Waals surface area contributed by atoms with Crippen LogP contribution >= 0.6 is 0 Å². The van der Waals surface area contributed by atoms with Gasteiger partial charge in [0.1, 0.15) is 0 Å². The SMILES string of the molecule is CC(C)(N)CCNCCC1CCCCC1. The monoisotopic (exact) mass is 212 g/mol. The lowest BCUT2D eigenvalue weighted by Gasteiger charge is -2.22. The molecule has 1 aliphatic carbocycles. The molecule has 0 spiro atoms. The van der Waals surface area contributed by atoms with E-state index >= 15 is 0 Å². The van der Waals surface area contributed by atoms with Crippen LogP contribution < -0.4 is 11.1 Å². The Balaban J connectivity index is 1.92. The Kier molecular flexibility index (Phi) is 5.62. The molecule has 1 saturated carbocycles. The minimum absolute atomic E-state index is 0.0160. The van der Waals surface area contributed by atoms with Gasteiger partial charge in [0.25, 0.3) is 0 Å². The van der Waals surface area contributed by atoms with Crippen LogP contribution in [0.1, 0.15) is 58.8 Å². The van der Waals surface area contributed by atoms with E-state index in [1.165, 1.54) is 45.1 Å². The maximum absolute atomic E-state index is 5.92. The number of nitrogens with two attached hydrogens (primary N) is 1. The van der Waals surface area contributed by atoms with E-state index in [1.54, 1.807) is 0 Å². The van der Waals surface area contributed by atoms with Gasteiger partial charge in [-0.15, -0.1) is 0 Å². The van der Waals surface area contributed by atoms with Crippen molar-refractivity contribution < 1.29 is 0 Å². The molecule has 0 bridgehead atoms. The van der Waals surface area contributed by atoms with Crippen LogP contribution in [0.25, 0.3) is 0 Å². The van der Waals surface area contributed by atoms with E-state index in [9.17, 15) is 0 Å². The van der Waals surface area contributed by atoms with Crippen molar-refractivity contribution in [3.63, 3.8) is 0 Å². The Bertz CT molecular complexity index is 154. The zero-order valence-electron chi connectivity index (χ0n) is 10.5. The molecule has 0 amide bonds. The molecule has 0 heterocycles. The van der Waals surface area contributed by atoms with Crippen molar-refractivity contribution in [2.24, 2.45) is 11.7 Å². The summed E-state index contributed by atoms with van der Waals surface area (Å²) in [4.78, 5) is 0. The average molecular weight is 212 g/mol. The van der Waals surface area contributed by atoms with Crippen molar-refractivity contribution in [3.05, 3.63) is 0 Å². The first kappa shape index (κ1) is 13.0. The van der Waals surface area contributed by atoms with Gasteiger partial charge in [-0.1, -0.05) is 32.1 Å². The minimum atomic E-state index is -0.0160. The minimum Gasteiger partial charge on any atom is -0.326 e. The highest BCUT2D eigenvalue weighted by atomic mass is 14.9. The quantitative estimate of drug-likeness (QED) is 0.664. The molecule has 0 aromatic carbocycles. The average Bonchev–Trinajstić information content (AvgIpc) is 2.17. The van der Waals surface area contributed by atoms with Crippen LogP contribution in [-0.2, 0) is 0 Å². The fourth-order valence-corrected chi connectivity index (χ4v) is 2.32. The number of rotatable bonds is 6. The zero-order chi connectivity index (χ0) is 11.1. The molecule has 0 radical (unpaired) electrons. The van der Waals surface area contributed by atoms with Gasteiger partial charge in [-0.3, -0.25) is 0 Å². The van der Waals surface area contributed by atoms with Gasteiger partial charge in [0.05, 0.1) is 0 Å². The van der Waals surface area contributed by atoms with Crippen LogP contribution in [0.3, 0.4) is 0 Å². The Hall–Kier alpha value is -0.0800. The Morgan fingerprint density at radius 3 is 2.40 bits per heavy atom. The van der Waals surface area contributed by atoms with Crippen molar-refractivity contribution in [1.82, 2.24) is 5.32 Å². The topological polar surface area (TPSA) is 38.0 Å². The van der Waals surface area contributed by atoms with Crippen molar-refractivity contribution in [1.29, 1.82) is 0 Å². The highest BCUT2D eigenvalue weighted by molar-refractivity contribution is 4.73. The lowest BCUT2D eigenvalue weighted by molar-refractivity contribution is 0.331. The van der Waals surface area contributed by atoms with E-state index < -0.39 is 0 Å². The van der Waals surface area contributed by atoms with E-state index in [0.29, 0.717) is 0 Å². The number of hydrogen-bond donors (Lipinski definition) is 2. The second-order valence-electron chi connectivity index (χ2n) is 5.78. The first-order valence-electron chi connectivity index (χ1n) is 6.57. The molecule has 0 aliphatic heterocycles. The number of hydrogen-bond acceptors (Lipinski definition) is 2. The molecule has 0 aromatic rings.